The molecule has 2 rings (SSSR count). The van der Waals surface area contributed by atoms with Gasteiger partial charge in [0.15, 0.2) is 0 Å². The van der Waals surface area contributed by atoms with Crippen molar-refractivity contribution in [2.75, 3.05) is 0 Å². The molecule has 0 amide bonds. The SMILES string of the molecule is N#Cc1ccc(-c2ccc(Cl)c(Cl)c2Cl)c(Cl)c1. The van der Waals surface area contributed by atoms with Crippen LogP contribution in [0, 0.1) is 11.3 Å². The van der Waals surface area contributed by atoms with Crippen LogP contribution in [0.5, 0.6) is 0 Å². The predicted octanol–water partition coefficient (Wildman–Crippen LogP) is 5.84. The van der Waals surface area contributed by atoms with Crippen LogP contribution in [0.3, 0.4) is 0 Å². The topological polar surface area (TPSA) is 23.8 Å². The third-order valence-electron chi connectivity index (χ3n) is 2.42. The standard InChI is InChI=1S/C13H5Cl4N/c14-10-4-3-9(12(16)13(10)17)8-2-1-7(6-18)5-11(8)15/h1-5H. The van der Waals surface area contributed by atoms with Crippen molar-refractivity contribution in [3.05, 3.63) is 56.0 Å². The molecule has 0 aliphatic rings. The molecular formula is C13H5Cl4N. The van der Waals surface area contributed by atoms with Crippen molar-refractivity contribution in [1.29, 1.82) is 5.26 Å². The molecule has 18 heavy (non-hydrogen) atoms. The normalized spacial score (nSPS) is 10.2. The number of nitriles is 1. The van der Waals surface area contributed by atoms with E-state index in [4.69, 9.17) is 51.7 Å². The van der Waals surface area contributed by atoms with Crippen molar-refractivity contribution >= 4 is 46.4 Å². The molecule has 0 aliphatic carbocycles. The van der Waals surface area contributed by atoms with E-state index in [0.717, 1.165) is 0 Å². The molecule has 0 heterocycles. The molecule has 0 saturated carbocycles. The molecule has 0 saturated heterocycles. The smallest absolute Gasteiger partial charge is 0.0992 e. The van der Waals surface area contributed by atoms with Crippen molar-refractivity contribution in [2.24, 2.45) is 0 Å². The Hall–Kier alpha value is -0.910. The average Bonchev–Trinajstić information content (AvgIpc) is 2.37. The van der Waals surface area contributed by atoms with Gasteiger partial charge in [0.2, 0.25) is 0 Å². The molecule has 2 aromatic rings. The summed E-state index contributed by atoms with van der Waals surface area (Å²) in [5, 5.41) is 10.2. The van der Waals surface area contributed by atoms with E-state index in [1.807, 2.05) is 6.07 Å². The fourth-order valence-electron chi connectivity index (χ4n) is 1.54. The lowest BCUT2D eigenvalue weighted by molar-refractivity contribution is 1.48. The third kappa shape index (κ3) is 2.43. The van der Waals surface area contributed by atoms with E-state index < -0.39 is 0 Å². The Balaban J connectivity index is 2.64. The summed E-state index contributed by atoms with van der Waals surface area (Å²) in [7, 11) is 0. The summed E-state index contributed by atoms with van der Waals surface area (Å²) in [5.74, 6) is 0. The summed E-state index contributed by atoms with van der Waals surface area (Å²) >= 11 is 24.1. The molecule has 0 unspecified atom stereocenters. The van der Waals surface area contributed by atoms with Gasteiger partial charge in [0.25, 0.3) is 0 Å². The molecule has 2 aromatic carbocycles. The lowest BCUT2D eigenvalue weighted by Crippen LogP contribution is -1.85. The maximum absolute atomic E-state index is 8.79. The molecule has 0 bridgehead atoms. The van der Waals surface area contributed by atoms with Gasteiger partial charge in [-0.2, -0.15) is 5.26 Å². The van der Waals surface area contributed by atoms with Crippen molar-refractivity contribution in [3.8, 4) is 17.2 Å². The van der Waals surface area contributed by atoms with Crippen LogP contribution < -0.4 is 0 Å². The van der Waals surface area contributed by atoms with Gasteiger partial charge >= 0.3 is 0 Å². The molecule has 0 aromatic heterocycles. The van der Waals surface area contributed by atoms with Crippen LogP contribution in [0.15, 0.2) is 30.3 Å². The molecule has 0 radical (unpaired) electrons. The number of benzene rings is 2. The summed E-state index contributed by atoms with van der Waals surface area (Å²) in [5.41, 5.74) is 1.87. The highest BCUT2D eigenvalue weighted by molar-refractivity contribution is 6.49. The van der Waals surface area contributed by atoms with Gasteiger partial charge < -0.3 is 0 Å². The van der Waals surface area contributed by atoms with E-state index in [1.54, 1.807) is 30.3 Å². The second-order valence-electron chi connectivity index (χ2n) is 3.53. The number of hydrogen-bond donors (Lipinski definition) is 0. The first-order chi connectivity index (χ1) is 8.54. The Morgan fingerprint density at radius 1 is 0.778 bits per heavy atom. The zero-order valence-electron chi connectivity index (χ0n) is 8.85. The fourth-order valence-corrected chi connectivity index (χ4v) is 2.46. The Kier molecular flexibility index (Phi) is 4.04. The first-order valence-corrected chi connectivity index (χ1v) is 6.39. The van der Waals surface area contributed by atoms with Crippen LogP contribution in [0.2, 0.25) is 20.1 Å². The van der Waals surface area contributed by atoms with Gasteiger partial charge in [-0.25, -0.2) is 0 Å². The maximum atomic E-state index is 8.79. The van der Waals surface area contributed by atoms with E-state index in [9.17, 15) is 0 Å². The molecule has 90 valence electrons. The highest BCUT2D eigenvalue weighted by atomic mass is 35.5. The van der Waals surface area contributed by atoms with E-state index in [-0.39, 0.29) is 5.02 Å². The van der Waals surface area contributed by atoms with Gasteiger partial charge in [0.05, 0.1) is 26.7 Å². The van der Waals surface area contributed by atoms with Crippen molar-refractivity contribution < 1.29 is 0 Å². The molecule has 1 nitrogen and oxygen atoms in total. The minimum absolute atomic E-state index is 0.288. The van der Waals surface area contributed by atoms with Crippen LogP contribution in [-0.4, -0.2) is 0 Å². The molecule has 0 spiro atoms. The molecule has 0 aliphatic heterocycles. The molecule has 0 atom stereocenters. The van der Waals surface area contributed by atoms with Gasteiger partial charge in [0.1, 0.15) is 0 Å². The van der Waals surface area contributed by atoms with Crippen molar-refractivity contribution in [3.63, 3.8) is 0 Å². The second kappa shape index (κ2) is 5.38. The summed E-state index contributed by atoms with van der Waals surface area (Å²) in [6.07, 6.45) is 0. The third-order valence-corrected chi connectivity index (χ3v) is 4.03. The maximum Gasteiger partial charge on any atom is 0.0992 e. The van der Waals surface area contributed by atoms with Gasteiger partial charge in [-0.15, -0.1) is 0 Å². The highest BCUT2D eigenvalue weighted by Gasteiger charge is 2.13. The van der Waals surface area contributed by atoms with Gasteiger partial charge in [-0.05, 0) is 18.2 Å². The first-order valence-electron chi connectivity index (χ1n) is 4.88. The van der Waals surface area contributed by atoms with Crippen LogP contribution in [0.1, 0.15) is 5.56 Å². The first kappa shape index (κ1) is 13.5. The monoisotopic (exact) mass is 315 g/mol. The molecule has 0 fully saturated rings. The van der Waals surface area contributed by atoms with Crippen LogP contribution >= 0.6 is 46.4 Å². The number of halogens is 4. The number of nitrogens with zero attached hydrogens (tertiary/aromatic N) is 1. The second-order valence-corrected chi connectivity index (χ2v) is 5.10. The summed E-state index contributed by atoms with van der Waals surface area (Å²) in [6.45, 7) is 0. The predicted molar refractivity (Wildman–Crippen MR) is 76.6 cm³/mol. The lowest BCUT2D eigenvalue weighted by Gasteiger charge is -2.09. The summed E-state index contributed by atoms with van der Waals surface area (Å²) < 4.78 is 0. The average molecular weight is 317 g/mol. The molecular weight excluding hydrogens is 312 g/mol. The van der Waals surface area contributed by atoms with Gasteiger partial charge in [-0.1, -0.05) is 58.5 Å². The van der Waals surface area contributed by atoms with Crippen LogP contribution in [-0.2, 0) is 0 Å². The van der Waals surface area contributed by atoms with Gasteiger partial charge in [-0.3, -0.25) is 0 Å². The highest BCUT2D eigenvalue weighted by Crippen LogP contribution is 2.40. The number of rotatable bonds is 1. The largest absolute Gasteiger partial charge is 0.192 e. The Morgan fingerprint density at radius 3 is 2.06 bits per heavy atom. The quantitative estimate of drug-likeness (QED) is 0.606. The zero-order chi connectivity index (χ0) is 13.3. The Bertz CT molecular complexity index is 659. The minimum atomic E-state index is 0.288. The molecule has 0 N–H and O–H groups in total. The number of hydrogen-bond acceptors (Lipinski definition) is 1. The Labute approximate surface area is 124 Å². The fraction of sp³-hybridized carbons (Fsp3) is 0. The van der Waals surface area contributed by atoms with Crippen molar-refractivity contribution in [1.82, 2.24) is 0 Å². The van der Waals surface area contributed by atoms with E-state index in [0.29, 0.717) is 31.8 Å². The van der Waals surface area contributed by atoms with Gasteiger partial charge in [0, 0.05) is 16.1 Å². The van der Waals surface area contributed by atoms with E-state index in [1.165, 1.54) is 0 Å². The molecule has 5 heteroatoms. The Morgan fingerprint density at radius 2 is 1.44 bits per heavy atom. The minimum Gasteiger partial charge on any atom is -0.192 e. The van der Waals surface area contributed by atoms with Crippen LogP contribution in [0.25, 0.3) is 11.1 Å². The summed E-state index contributed by atoms with van der Waals surface area (Å²) in [4.78, 5) is 0. The van der Waals surface area contributed by atoms with E-state index >= 15 is 0 Å². The van der Waals surface area contributed by atoms with Crippen LogP contribution in [0.4, 0.5) is 0 Å². The van der Waals surface area contributed by atoms with E-state index in [2.05, 4.69) is 0 Å². The lowest BCUT2D eigenvalue weighted by atomic mass is 10.0. The van der Waals surface area contributed by atoms with Crippen molar-refractivity contribution in [2.45, 2.75) is 0 Å². The summed E-state index contributed by atoms with van der Waals surface area (Å²) in [6, 6.07) is 10.4. The zero-order valence-corrected chi connectivity index (χ0v) is 11.9.